The molecule has 0 saturated carbocycles. The molecule has 0 N–H and O–H groups in total. The van der Waals surface area contributed by atoms with Crippen LogP contribution in [0.5, 0.6) is 11.8 Å². The summed E-state index contributed by atoms with van der Waals surface area (Å²) >= 11 is 0. The fourth-order valence-corrected chi connectivity index (χ4v) is 3.30. The number of morpholine rings is 1. The molecule has 31 heavy (non-hydrogen) atoms. The molecule has 0 radical (unpaired) electrons. The SMILES string of the molecule is FC(F)c1nc2ccccc2n1-c1nc(Oc2cccnc2)nc(N2CCOCC2)n1. The van der Waals surface area contributed by atoms with Crippen LogP contribution in [-0.2, 0) is 4.74 Å². The Morgan fingerprint density at radius 2 is 1.74 bits per heavy atom. The van der Waals surface area contributed by atoms with Gasteiger partial charge in [0.1, 0.15) is 5.75 Å². The molecular formula is C20H17F2N7O2. The van der Waals surface area contributed by atoms with Gasteiger partial charge in [-0.15, -0.1) is 0 Å². The first kappa shape index (κ1) is 19.2. The second-order valence-electron chi connectivity index (χ2n) is 6.70. The van der Waals surface area contributed by atoms with E-state index in [1.807, 2.05) is 4.90 Å². The van der Waals surface area contributed by atoms with E-state index in [0.717, 1.165) is 0 Å². The number of imidazole rings is 1. The highest BCUT2D eigenvalue weighted by Gasteiger charge is 2.24. The molecule has 0 unspecified atom stereocenters. The summed E-state index contributed by atoms with van der Waals surface area (Å²) in [7, 11) is 0. The molecule has 158 valence electrons. The quantitative estimate of drug-likeness (QED) is 0.482. The number of aromatic nitrogens is 6. The fraction of sp³-hybridized carbons (Fsp3) is 0.250. The van der Waals surface area contributed by atoms with Gasteiger partial charge in [0.25, 0.3) is 6.43 Å². The normalized spacial score (nSPS) is 14.4. The van der Waals surface area contributed by atoms with Crippen LogP contribution in [0.2, 0.25) is 0 Å². The predicted octanol–water partition coefficient (Wildman–Crippen LogP) is 3.17. The number of hydrogen-bond acceptors (Lipinski definition) is 8. The molecule has 9 nitrogen and oxygen atoms in total. The third-order valence-electron chi connectivity index (χ3n) is 4.71. The van der Waals surface area contributed by atoms with Crippen LogP contribution in [0.3, 0.4) is 0 Å². The molecule has 3 aromatic heterocycles. The third kappa shape index (κ3) is 3.87. The lowest BCUT2D eigenvalue weighted by Gasteiger charge is -2.27. The Balaban J connectivity index is 1.66. The number of halogens is 2. The van der Waals surface area contributed by atoms with E-state index in [4.69, 9.17) is 9.47 Å². The minimum Gasteiger partial charge on any atom is -0.422 e. The van der Waals surface area contributed by atoms with Crippen LogP contribution in [0.4, 0.5) is 14.7 Å². The van der Waals surface area contributed by atoms with Gasteiger partial charge >= 0.3 is 6.01 Å². The number of para-hydroxylation sites is 2. The maximum Gasteiger partial charge on any atom is 0.328 e. The van der Waals surface area contributed by atoms with E-state index in [1.165, 1.54) is 10.8 Å². The molecule has 4 heterocycles. The Bertz CT molecular complexity index is 1200. The van der Waals surface area contributed by atoms with Crippen LogP contribution < -0.4 is 9.64 Å². The molecule has 0 aliphatic carbocycles. The van der Waals surface area contributed by atoms with Gasteiger partial charge in [-0.25, -0.2) is 13.8 Å². The third-order valence-corrected chi connectivity index (χ3v) is 4.71. The number of alkyl halides is 2. The molecule has 0 amide bonds. The standard InChI is InChI=1S/C20H17F2N7O2/c21-16(22)17-24-14-5-1-2-6-15(14)29(17)19-25-18(28-8-10-30-11-9-28)26-20(27-19)31-13-4-3-7-23-12-13/h1-7,12,16H,8-11H2. The highest BCUT2D eigenvalue weighted by Crippen LogP contribution is 2.28. The molecule has 4 aromatic rings. The van der Waals surface area contributed by atoms with Gasteiger partial charge in [0.15, 0.2) is 5.82 Å². The molecule has 11 heteroatoms. The number of nitrogens with zero attached hydrogens (tertiary/aromatic N) is 7. The van der Waals surface area contributed by atoms with Gasteiger partial charge < -0.3 is 14.4 Å². The van der Waals surface area contributed by atoms with Gasteiger partial charge in [-0.1, -0.05) is 12.1 Å². The molecule has 1 aliphatic heterocycles. The van der Waals surface area contributed by atoms with Crippen molar-refractivity contribution in [2.24, 2.45) is 0 Å². The molecular weight excluding hydrogens is 408 g/mol. The predicted molar refractivity (Wildman–Crippen MR) is 107 cm³/mol. The minimum atomic E-state index is -2.82. The van der Waals surface area contributed by atoms with E-state index in [1.54, 1.807) is 42.6 Å². The van der Waals surface area contributed by atoms with Crippen LogP contribution in [-0.4, -0.2) is 55.8 Å². The van der Waals surface area contributed by atoms with Gasteiger partial charge in [0.05, 0.1) is 30.4 Å². The van der Waals surface area contributed by atoms with Crippen molar-refractivity contribution in [3.05, 3.63) is 54.6 Å². The molecule has 1 aliphatic rings. The molecule has 1 aromatic carbocycles. The molecule has 0 spiro atoms. The van der Waals surface area contributed by atoms with Crippen molar-refractivity contribution < 1.29 is 18.3 Å². The van der Waals surface area contributed by atoms with Crippen molar-refractivity contribution in [1.82, 2.24) is 29.5 Å². The average molecular weight is 425 g/mol. The van der Waals surface area contributed by atoms with Crippen molar-refractivity contribution in [3.63, 3.8) is 0 Å². The maximum absolute atomic E-state index is 13.8. The lowest BCUT2D eigenvalue weighted by molar-refractivity contribution is 0.122. The van der Waals surface area contributed by atoms with Gasteiger partial charge in [0.2, 0.25) is 11.9 Å². The van der Waals surface area contributed by atoms with Crippen molar-refractivity contribution in [3.8, 4) is 17.7 Å². The zero-order valence-corrected chi connectivity index (χ0v) is 16.2. The summed E-state index contributed by atoms with van der Waals surface area (Å²) in [4.78, 5) is 23.2. The number of benzene rings is 1. The molecule has 0 atom stereocenters. The first-order valence-corrected chi connectivity index (χ1v) is 9.61. The summed E-state index contributed by atoms with van der Waals surface area (Å²) < 4.78 is 40.1. The van der Waals surface area contributed by atoms with Gasteiger partial charge in [0, 0.05) is 19.3 Å². The highest BCUT2D eigenvalue weighted by atomic mass is 19.3. The number of pyridine rings is 1. The maximum atomic E-state index is 13.8. The first-order valence-electron chi connectivity index (χ1n) is 9.61. The Labute approximate surface area is 175 Å². The lowest BCUT2D eigenvalue weighted by atomic mass is 10.3. The van der Waals surface area contributed by atoms with Crippen LogP contribution in [0.25, 0.3) is 17.0 Å². The van der Waals surface area contributed by atoms with Crippen molar-refractivity contribution in [2.45, 2.75) is 6.43 Å². The van der Waals surface area contributed by atoms with Crippen molar-refractivity contribution in [1.29, 1.82) is 0 Å². The smallest absolute Gasteiger partial charge is 0.328 e. The summed E-state index contributed by atoms with van der Waals surface area (Å²) in [5, 5.41) is 0. The number of rotatable bonds is 5. The van der Waals surface area contributed by atoms with Crippen LogP contribution in [0, 0.1) is 0 Å². The van der Waals surface area contributed by atoms with Gasteiger partial charge in [-0.3, -0.25) is 9.55 Å². The summed E-state index contributed by atoms with van der Waals surface area (Å²) in [6, 6.07) is 10.2. The Hall–Kier alpha value is -3.73. The zero-order chi connectivity index (χ0) is 21.2. The summed E-state index contributed by atoms with van der Waals surface area (Å²) in [5.74, 6) is 0.273. The van der Waals surface area contributed by atoms with E-state index in [9.17, 15) is 8.78 Å². The topological polar surface area (TPSA) is 91.1 Å². The van der Waals surface area contributed by atoms with E-state index in [0.29, 0.717) is 49.0 Å². The summed E-state index contributed by atoms with van der Waals surface area (Å²) in [6.07, 6.45) is 0.297. The number of hydrogen-bond donors (Lipinski definition) is 0. The Morgan fingerprint density at radius 1 is 0.935 bits per heavy atom. The van der Waals surface area contributed by atoms with Crippen molar-refractivity contribution in [2.75, 3.05) is 31.2 Å². The van der Waals surface area contributed by atoms with E-state index < -0.39 is 12.2 Å². The number of fused-ring (bicyclic) bond motifs is 1. The number of anilines is 1. The van der Waals surface area contributed by atoms with E-state index in [-0.39, 0.29) is 12.0 Å². The van der Waals surface area contributed by atoms with Gasteiger partial charge in [-0.2, -0.15) is 15.0 Å². The van der Waals surface area contributed by atoms with Gasteiger partial charge in [-0.05, 0) is 24.3 Å². The van der Waals surface area contributed by atoms with Crippen molar-refractivity contribution >= 4 is 17.0 Å². The molecule has 1 saturated heterocycles. The average Bonchev–Trinajstić information content (AvgIpc) is 3.20. The minimum absolute atomic E-state index is 0.000572. The Morgan fingerprint density at radius 3 is 2.52 bits per heavy atom. The zero-order valence-electron chi connectivity index (χ0n) is 16.2. The second kappa shape index (κ2) is 8.19. The van der Waals surface area contributed by atoms with E-state index in [2.05, 4.69) is 24.9 Å². The highest BCUT2D eigenvalue weighted by molar-refractivity contribution is 5.77. The second-order valence-corrected chi connectivity index (χ2v) is 6.70. The summed E-state index contributed by atoms with van der Waals surface area (Å²) in [5.41, 5.74) is 0.880. The van der Waals surface area contributed by atoms with E-state index >= 15 is 0 Å². The van der Waals surface area contributed by atoms with Crippen LogP contribution in [0.1, 0.15) is 12.2 Å². The molecule has 0 bridgehead atoms. The fourth-order valence-electron chi connectivity index (χ4n) is 3.30. The van der Waals surface area contributed by atoms with Crippen LogP contribution >= 0.6 is 0 Å². The molecule has 1 fully saturated rings. The monoisotopic (exact) mass is 425 g/mol. The number of ether oxygens (including phenoxy) is 2. The van der Waals surface area contributed by atoms with Crippen LogP contribution in [0.15, 0.2) is 48.8 Å². The first-order chi connectivity index (χ1) is 15.2. The summed E-state index contributed by atoms with van der Waals surface area (Å²) in [6.45, 7) is 2.14. The molecule has 5 rings (SSSR count). The Kier molecular flexibility index (Phi) is 5.08. The lowest BCUT2D eigenvalue weighted by Crippen LogP contribution is -2.37. The largest absolute Gasteiger partial charge is 0.422 e.